The largest absolute Gasteiger partial charge is 0.383 e. The molecule has 6 nitrogen and oxygen atoms in total. The number of aromatic nitrogens is 1. The standard InChI is InChI=1S/C15H24N4O2/c1-13(20)18-6-8-19(9-7-18)15-4-3-14(12-17-15)11-16-5-10-21-2/h3-4,12,16H,5-11H2,1-2H3. The van der Waals surface area contributed by atoms with E-state index in [1.807, 2.05) is 11.1 Å². The zero-order valence-electron chi connectivity index (χ0n) is 12.8. The van der Waals surface area contributed by atoms with Gasteiger partial charge in [-0.2, -0.15) is 0 Å². The van der Waals surface area contributed by atoms with E-state index in [2.05, 4.69) is 27.3 Å². The summed E-state index contributed by atoms with van der Waals surface area (Å²) in [6, 6.07) is 4.15. The highest BCUT2D eigenvalue weighted by molar-refractivity contribution is 5.73. The number of carbonyl (C=O) groups is 1. The van der Waals surface area contributed by atoms with Crippen LogP contribution in [0.25, 0.3) is 0 Å². The number of nitrogens with zero attached hydrogens (tertiary/aromatic N) is 3. The van der Waals surface area contributed by atoms with Gasteiger partial charge in [0.2, 0.25) is 5.91 Å². The van der Waals surface area contributed by atoms with E-state index in [0.29, 0.717) is 6.61 Å². The quantitative estimate of drug-likeness (QED) is 0.773. The molecule has 1 aromatic heterocycles. The average molecular weight is 292 g/mol. The summed E-state index contributed by atoms with van der Waals surface area (Å²) in [7, 11) is 1.70. The molecule has 116 valence electrons. The Morgan fingerprint density at radius 3 is 2.67 bits per heavy atom. The van der Waals surface area contributed by atoms with Crippen molar-refractivity contribution in [2.75, 3.05) is 51.3 Å². The second-order valence-electron chi connectivity index (χ2n) is 5.19. The maximum Gasteiger partial charge on any atom is 0.219 e. The maximum absolute atomic E-state index is 11.3. The number of amides is 1. The van der Waals surface area contributed by atoms with Crippen LogP contribution in [-0.4, -0.2) is 62.2 Å². The van der Waals surface area contributed by atoms with Gasteiger partial charge in [0.25, 0.3) is 0 Å². The lowest BCUT2D eigenvalue weighted by Gasteiger charge is -2.34. The molecule has 0 aliphatic carbocycles. The molecule has 0 atom stereocenters. The molecular weight excluding hydrogens is 268 g/mol. The van der Waals surface area contributed by atoms with E-state index >= 15 is 0 Å². The molecule has 0 unspecified atom stereocenters. The third-order valence-electron chi connectivity index (χ3n) is 3.67. The highest BCUT2D eigenvalue weighted by Crippen LogP contribution is 2.14. The van der Waals surface area contributed by atoms with Crippen molar-refractivity contribution in [2.24, 2.45) is 0 Å². The molecule has 0 bridgehead atoms. The number of hydrogen-bond donors (Lipinski definition) is 1. The smallest absolute Gasteiger partial charge is 0.219 e. The van der Waals surface area contributed by atoms with Crippen LogP contribution in [0.1, 0.15) is 12.5 Å². The number of nitrogens with one attached hydrogen (secondary N) is 1. The van der Waals surface area contributed by atoms with Crippen LogP contribution in [-0.2, 0) is 16.1 Å². The number of carbonyl (C=O) groups excluding carboxylic acids is 1. The molecule has 0 aromatic carbocycles. The number of methoxy groups -OCH3 is 1. The summed E-state index contributed by atoms with van der Waals surface area (Å²) in [5.74, 6) is 1.14. The second kappa shape index (κ2) is 7.95. The van der Waals surface area contributed by atoms with Crippen LogP contribution in [0.15, 0.2) is 18.3 Å². The fourth-order valence-corrected chi connectivity index (χ4v) is 2.37. The summed E-state index contributed by atoms with van der Waals surface area (Å²) in [5, 5.41) is 3.30. The molecular formula is C15H24N4O2. The van der Waals surface area contributed by atoms with Gasteiger partial charge in [-0.25, -0.2) is 4.98 Å². The molecule has 1 aromatic rings. The summed E-state index contributed by atoms with van der Waals surface area (Å²) in [6.45, 7) is 7.22. The number of pyridine rings is 1. The molecule has 1 fully saturated rings. The Hall–Kier alpha value is -1.66. The first-order chi connectivity index (χ1) is 10.2. The van der Waals surface area contributed by atoms with Gasteiger partial charge >= 0.3 is 0 Å². The van der Waals surface area contributed by atoms with E-state index in [4.69, 9.17) is 4.74 Å². The number of hydrogen-bond acceptors (Lipinski definition) is 5. The van der Waals surface area contributed by atoms with Crippen molar-refractivity contribution >= 4 is 11.7 Å². The third-order valence-corrected chi connectivity index (χ3v) is 3.67. The van der Waals surface area contributed by atoms with Crippen LogP contribution in [0.2, 0.25) is 0 Å². The Labute approximate surface area is 126 Å². The van der Waals surface area contributed by atoms with Crippen molar-refractivity contribution < 1.29 is 9.53 Å². The van der Waals surface area contributed by atoms with Gasteiger partial charge in [-0.05, 0) is 11.6 Å². The lowest BCUT2D eigenvalue weighted by atomic mass is 10.2. The molecule has 1 aliphatic heterocycles. The van der Waals surface area contributed by atoms with Gasteiger partial charge in [0.1, 0.15) is 5.82 Å². The summed E-state index contributed by atoms with van der Waals surface area (Å²) in [6.07, 6.45) is 1.91. The Morgan fingerprint density at radius 1 is 1.33 bits per heavy atom. The van der Waals surface area contributed by atoms with Gasteiger partial charge in [0.15, 0.2) is 0 Å². The fraction of sp³-hybridized carbons (Fsp3) is 0.600. The average Bonchev–Trinajstić information content (AvgIpc) is 2.52. The van der Waals surface area contributed by atoms with E-state index in [1.54, 1.807) is 14.0 Å². The van der Waals surface area contributed by atoms with Gasteiger partial charge in [-0.1, -0.05) is 6.07 Å². The predicted molar refractivity (Wildman–Crippen MR) is 82.3 cm³/mol. The minimum atomic E-state index is 0.153. The number of anilines is 1. The van der Waals surface area contributed by atoms with Gasteiger partial charge in [-0.3, -0.25) is 4.79 Å². The topological polar surface area (TPSA) is 57.7 Å². The molecule has 21 heavy (non-hydrogen) atoms. The van der Waals surface area contributed by atoms with E-state index in [9.17, 15) is 4.79 Å². The van der Waals surface area contributed by atoms with Crippen molar-refractivity contribution in [2.45, 2.75) is 13.5 Å². The zero-order chi connectivity index (χ0) is 15.1. The van der Waals surface area contributed by atoms with Crippen LogP contribution in [0.3, 0.4) is 0 Å². The first-order valence-electron chi connectivity index (χ1n) is 7.35. The summed E-state index contributed by atoms with van der Waals surface area (Å²) < 4.78 is 4.99. The minimum Gasteiger partial charge on any atom is -0.383 e. The van der Waals surface area contributed by atoms with Crippen molar-refractivity contribution in [3.8, 4) is 0 Å². The Morgan fingerprint density at radius 2 is 2.10 bits per heavy atom. The molecule has 1 aliphatic rings. The van der Waals surface area contributed by atoms with Crippen molar-refractivity contribution in [1.29, 1.82) is 0 Å². The lowest BCUT2D eigenvalue weighted by Crippen LogP contribution is -2.48. The highest BCUT2D eigenvalue weighted by atomic mass is 16.5. The highest BCUT2D eigenvalue weighted by Gasteiger charge is 2.19. The summed E-state index contributed by atoms with van der Waals surface area (Å²) in [5.41, 5.74) is 1.16. The molecule has 2 rings (SSSR count). The third kappa shape index (κ3) is 4.68. The molecule has 1 amide bonds. The Kier molecular flexibility index (Phi) is 5.95. The van der Waals surface area contributed by atoms with Crippen LogP contribution in [0.5, 0.6) is 0 Å². The fourth-order valence-electron chi connectivity index (χ4n) is 2.37. The lowest BCUT2D eigenvalue weighted by molar-refractivity contribution is -0.129. The molecule has 6 heteroatoms. The van der Waals surface area contributed by atoms with Crippen molar-refractivity contribution in [1.82, 2.24) is 15.2 Å². The van der Waals surface area contributed by atoms with Gasteiger partial charge in [0, 0.05) is 59.5 Å². The monoisotopic (exact) mass is 292 g/mol. The maximum atomic E-state index is 11.3. The molecule has 1 N–H and O–H groups in total. The van der Waals surface area contributed by atoms with Gasteiger partial charge in [-0.15, -0.1) is 0 Å². The number of piperazine rings is 1. The van der Waals surface area contributed by atoms with Gasteiger partial charge < -0.3 is 19.9 Å². The van der Waals surface area contributed by atoms with Crippen molar-refractivity contribution in [3.05, 3.63) is 23.9 Å². The first kappa shape index (κ1) is 15.7. The predicted octanol–water partition coefficient (Wildman–Crippen LogP) is 0.486. The Balaban J connectivity index is 1.81. The number of rotatable bonds is 6. The first-order valence-corrected chi connectivity index (χ1v) is 7.35. The van der Waals surface area contributed by atoms with Crippen LogP contribution >= 0.6 is 0 Å². The molecule has 1 saturated heterocycles. The van der Waals surface area contributed by atoms with Gasteiger partial charge in [0.05, 0.1) is 6.61 Å². The van der Waals surface area contributed by atoms with Crippen molar-refractivity contribution in [3.63, 3.8) is 0 Å². The van der Waals surface area contributed by atoms with E-state index in [0.717, 1.165) is 50.6 Å². The summed E-state index contributed by atoms with van der Waals surface area (Å²) >= 11 is 0. The molecule has 0 spiro atoms. The van der Waals surface area contributed by atoms with E-state index < -0.39 is 0 Å². The number of ether oxygens (including phenoxy) is 1. The minimum absolute atomic E-state index is 0.153. The van der Waals surface area contributed by atoms with Crippen LogP contribution in [0.4, 0.5) is 5.82 Å². The summed E-state index contributed by atoms with van der Waals surface area (Å²) in [4.78, 5) is 19.9. The molecule has 0 saturated carbocycles. The van der Waals surface area contributed by atoms with Crippen LogP contribution < -0.4 is 10.2 Å². The molecule has 2 heterocycles. The second-order valence-corrected chi connectivity index (χ2v) is 5.19. The normalized spacial score (nSPS) is 15.3. The zero-order valence-corrected chi connectivity index (χ0v) is 12.8. The van der Waals surface area contributed by atoms with E-state index in [-0.39, 0.29) is 5.91 Å². The Bertz CT molecular complexity index is 441. The van der Waals surface area contributed by atoms with Crippen LogP contribution in [0, 0.1) is 0 Å². The van der Waals surface area contributed by atoms with E-state index in [1.165, 1.54) is 0 Å². The molecule has 0 radical (unpaired) electrons. The SMILES string of the molecule is COCCNCc1ccc(N2CCN(C(C)=O)CC2)nc1.